The highest BCUT2D eigenvalue weighted by Gasteiger charge is 2.47. The van der Waals surface area contributed by atoms with Crippen LogP contribution in [0.25, 0.3) is 16.5 Å². The van der Waals surface area contributed by atoms with Gasteiger partial charge in [-0.25, -0.2) is 0 Å². The summed E-state index contributed by atoms with van der Waals surface area (Å²) in [6, 6.07) is 24.1. The van der Waals surface area contributed by atoms with Crippen LogP contribution in [0.1, 0.15) is 17.2 Å². The fraction of sp³-hybridized carbons (Fsp3) is 0.103. The second kappa shape index (κ2) is 9.40. The van der Waals surface area contributed by atoms with Gasteiger partial charge in [-0.05, 0) is 58.8 Å². The molecule has 7 heteroatoms. The molecule has 0 saturated carbocycles. The number of aliphatic hydroxyl groups is 1. The van der Waals surface area contributed by atoms with Crippen molar-refractivity contribution in [3.8, 4) is 11.5 Å². The van der Waals surface area contributed by atoms with Gasteiger partial charge in [-0.2, -0.15) is 0 Å². The van der Waals surface area contributed by atoms with Gasteiger partial charge in [0.2, 0.25) is 0 Å². The van der Waals surface area contributed by atoms with E-state index >= 15 is 0 Å². The van der Waals surface area contributed by atoms with Crippen LogP contribution in [-0.2, 0) is 9.59 Å². The molecule has 4 aromatic carbocycles. The number of rotatable bonds is 5. The Bertz CT molecular complexity index is 1520. The first-order chi connectivity index (χ1) is 17.4. The summed E-state index contributed by atoms with van der Waals surface area (Å²) in [4.78, 5) is 28.4. The molecule has 36 heavy (non-hydrogen) atoms. The molecule has 5 rings (SSSR count). The first kappa shape index (κ1) is 23.5. The highest BCUT2D eigenvalue weighted by molar-refractivity contribution is 6.52. The minimum absolute atomic E-state index is 0.0171. The van der Waals surface area contributed by atoms with Crippen LogP contribution in [0.3, 0.4) is 0 Å². The Hall–Kier alpha value is -4.29. The normalized spacial score (nSPS) is 17.0. The number of fused-ring (bicyclic) bond motifs is 1. The van der Waals surface area contributed by atoms with Gasteiger partial charge in [0.05, 0.1) is 30.9 Å². The molecule has 1 aliphatic rings. The van der Waals surface area contributed by atoms with E-state index in [4.69, 9.17) is 21.1 Å². The van der Waals surface area contributed by atoms with Crippen LogP contribution in [0, 0.1) is 0 Å². The third kappa shape index (κ3) is 3.85. The highest BCUT2D eigenvalue weighted by atomic mass is 35.5. The highest BCUT2D eigenvalue weighted by Crippen LogP contribution is 2.44. The molecule has 1 amide bonds. The van der Waals surface area contributed by atoms with Gasteiger partial charge in [0.1, 0.15) is 17.3 Å². The van der Waals surface area contributed by atoms with Crippen LogP contribution in [0.4, 0.5) is 5.69 Å². The van der Waals surface area contributed by atoms with Crippen molar-refractivity contribution in [2.75, 3.05) is 19.1 Å². The molecule has 1 heterocycles. The maximum atomic E-state index is 13.5. The zero-order valence-corrected chi connectivity index (χ0v) is 20.3. The van der Waals surface area contributed by atoms with Gasteiger partial charge in [0, 0.05) is 11.3 Å². The molecule has 1 N–H and O–H groups in total. The van der Waals surface area contributed by atoms with Crippen molar-refractivity contribution in [2.24, 2.45) is 0 Å². The average Bonchev–Trinajstić information content (AvgIpc) is 3.18. The van der Waals surface area contributed by atoms with Crippen molar-refractivity contribution in [3.05, 3.63) is 107 Å². The number of benzene rings is 4. The topological polar surface area (TPSA) is 76.1 Å². The lowest BCUT2D eigenvalue weighted by atomic mass is 9.91. The van der Waals surface area contributed by atoms with Crippen molar-refractivity contribution in [1.82, 2.24) is 0 Å². The largest absolute Gasteiger partial charge is 0.507 e. The third-order valence-electron chi connectivity index (χ3n) is 6.34. The molecule has 0 aromatic heterocycles. The Morgan fingerprint density at radius 2 is 1.61 bits per heavy atom. The van der Waals surface area contributed by atoms with Crippen LogP contribution in [0.2, 0.25) is 5.02 Å². The lowest BCUT2D eigenvalue weighted by Crippen LogP contribution is -2.29. The minimum atomic E-state index is -0.869. The Morgan fingerprint density at radius 3 is 2.33 bits per heavy atom. The van der Waals surface area contributed by atoms with E-state index in [2.05, 4.69) is 0 Å². The Kier molecular flexibility index (Phi) is 6.12. The number of ketones is 1. The van der Waals surface area contributed by atoms with Gasteiger partial charge in [-0.15, -0.1) is 0 Å². The second-order valence-electron chi connectivity index (χ2n) is 8.28. The van der Waals surface area contributed by atoms with Crippen molar-refractivity contribution >= 4 is 45.5 Å². The number of hydrogen-bond donors (Lipinski definition) is 1. The van der Waals surface area contributed by atoms with E-state index in [1.807, 2.05) is 42.5 Å². The smallest absolute Gasteiger partial charge is 0.300 e. The zero-order chi connectivity index (χ0) is 25.4. The van der Waals surface area contributed by atoms with Gasteiger partial charge in [0.15, 0.2) is 0 Å². The van der Waals surface area contributed by atoms with Crippen molar-refractivity contribution in [1.29, 1.82) is 0 Å². The molecule has 0 bridgehead atoms. The van der Waals surface area contributed by atoms with Gasteiger partial charge >= 0.3 is 0 Å². The number of carbonyl (C=O) groups excluding carboxylic acids is 2. The Labute approximate surface area is 212 Å². The summed E-state index contributed by atoms with van der Waals surface area (Å²) in [5.41, 5.74) is 1.51. The molecule has 0 spiro atoms. The number of amides is 1. The first-order valence-electron chi connectivity index (χ1n) is 11.2. The number of ether oxygens (including phenoxy) is 2. The summed E-state index contributed by atoms with van der Waals surface area (Å²) in [5.74, 6) is -0.870. The van der Waals surface area contributed by atoms with Crippen molar-refractivity contribution < 1.29 is 24.2 Å². The fourth-order valence-electron chi connectivity index (χ4n) is 4.59. The van der Waals surface area contributed by atoms with E-state index in [1.54, 1.807) is 49.6 Å². The second-order valence-corrected chi connectivity index (χ2v) is 8.69. The molecule has 1 aliphatic heterocycles. The standard InChI is InChI=1S/C29H22ClNO5/c1-35-20-13-11-19(12-14-20)31-26(22-9-5-7-17-6-3-4-8-21(17)22)25(28(33)29(31)34)27(32)18-10-15-23(30)24(16-18)36-2/h3-16,26,32H,1-2H3/b27-25-. The van der Waals surface area contributed by atoms with E-state index in [9.17, 15) is 14.7 Å². The molecule has 1 unspecified atom stereocenters. The Morgan fingerprint density at radius 1 is 0.889 bits per heavy atom. The predicted octanol–water partition coefficient (Wildman–Crippen LogP) is 6.14. The molecule has 6 nitrogen and oxygen atoms in total. The van der Waals surface area contributed by atoms with Gasteiger partial charge in [-0.1, -0.05) is 54.1 Å². The molecule has 1 saturated heterocycles. The summed E-state index contributed by atoms with van der Waals surface area (Å²) in [7, 11) is 3.02. The van der Waals surface area contributed by atoms with Crippen LogP contribution in [0.5, 0.6) is 11.5 Å². The molecule has 0 radical (unpaired) electrons. The molecule has 0 aliphatic carbocycles. The molecular formula is C29H22ClNO5. The summed E-state index contributed by atoms with van der Waals surface area (Å²) < 4.78 is 10.5. The summed E-state index contributed by atoms with van der Waals surface area (Å²) in [6.07, 6.45) is 0. The quantitative estimate of drug-likeness (QED) is 0.203. The lowest BCUT2D eigenvalue weighted by molar-refractivity contribution is -0.132. The van der Waals surface area contributed by atoms with Crippen LogP contribution in [-0.4, -0.2) is 31.0 Å². The van der Waals surface area contributed by atoms with E-state index in [0.29, 0.717) is 33.3 Å². The number of methoxy groups -OCH3 is 2. The number of Topliss-reactive ketones (excluding diaryl/α,β-unsaturated/α-hetero) is 1. The zero-order valence-electron chi connectivity index (χ0n) is 19.6. The van der Waals surface area contributed by atoms with Crippen LogP contribution < -0.4 is 14.4 Å². The number of anilines is 1. The van der Waals surface area contributed by atoms with E-state index in [-0.39, 0.29) is 11.3 Å². The first-order valence-corrected chi connectivity index (χ1v) is 11.6. The fourth-order valence-corrected chi connectivity index (χ4v) is 4.78. The number of halogens is 1. The SMILES string of the molecule is COc1ccc(N2C(=O)C(=O)/C(=C(\O)c3ccc(Cl)c(OC)c3)C2c2cccc3ccccc23)cc1. The number of carbonyl (C=O) groups is 2. The number of aliphatic hydroxyl groups excluding tert-OH is 1. The lowest BCUT2D eigenvalue weighted by Gasteiger charge is -2.26. The summed E-state index contributed by atoms with van der Waals surface area (Å²) in [6.45, 7) is 0. The third-order valence-corrected chi connectivity index (χ3v) is 6.65. The van der Waals surface area contributed by atoms with E-state index in [0.717, 1.165) is 10.8 Å². The van der Waals surface area contributed by atoms with Crippen LogP contribution in [0.15, 0.2) is 90.5 Å². The van der Waals surface area contributed by atoms with Crippen molar-refractivity contribution in [3.63, 3.8) is 0 Å². The van der Waals surface area contributed by atoms with Gasteiger partial charge < -0.3 is 14.6 Å². The van der Waals surface area contributed by atoms with E-state index < -0.39 is 17.7 Å². The number of nitrogens with zero attached hydrogens (tertiary/aromatic N) is 1. The summed E-state index contributed by atoms with van der Waals surface area (Å²) >= 11 is 6.17. The van der Waals surface area contributed by atoms with Gasteiger partial charge in [-0.3, -0.25) is 14.5 Å². The molecule has 1 fully saturated rings. The monoisotopic (exact) mass is 499 g/mol. The predicted molar refractivity (Wildman–Crippen MR) is 140 cm³/mol. The van der Waals surface area contributed by atoms with Crippen molar-refractivity contribution in [2.45, 2.75) is 6.04 Å². The van der Waals surface area contributed by atoms with Gasteiger partial charge in [0.25, 0.3) is 11.7 Å². The van der Waals surface area contributed by atoms with Crippen LogP contribution >= 0.6 is 11.6 Å². The maximum absolute atomic E-state index is 13.5. The molecular weight excluding hydrogens is 478 g/mol. The number of hydrogen-bond acceptors (Lipinski definition) is 5. The summed E-state index contributed by atoms with van der Waals surface area (Å²) in [5, 5.41) is 13.6. The van der Waals surface area contributed by atoms with E-state index in [1.165, 1.54) is 12.0 Å². The minimum Gasteiger partial charge on any atom is -0.507 e. The molecule has 4 aromatic rings. The Balaban J connectivity index is 1.78. The molecule has 1 atom stereocenters. The molecule has 180 valence electrons. The average molecular weight is 500 g/mol. The maximum Gasteiger partial charge on any atom is 0.300 e.